The lowest BCUT2D eigenvalue weighted by atomic mass is 10.5. The first-order valence-electron chi connectivity index (χ1n) is 2.55. The number of carbonyl (C=O) groups is 1. The molecular weight excluding hydrogens is 223 g/mol. The second kappa shape index (κ2) is 6.17. The Balaban J connectivity index is 3.62. The fraction of sp³-hybridized carbons (Fsp3) is 0.667. The first kappa shape index (κ1) is 11.6. The summed E-state index contributed by atoms with van der Waals surface area (Å²) in [7, 11) is 7.29. The van der Waals surface area contributed by atoms with Crippen LogP contribution in [-0.2, 0) is 9.32 Å². The Labute approximate surface area is 70.9 Å². The third-order valence-corrected chi connectivity index (χ3v) is 4.06. The summed E-state index contributed by atoms with van der Waals surface area (Å²) in [6, 6.07) is 0. The summed E-state index contributed by atoms with van der Waals surface area (Å²) in [5.41, 5.74) is 0.0242. The zero-order valence-corrected chi connectivity index (χ0v) is 10.9. The van der Waals surface area contributed by atoms with E-state index in [0.29, 0.717) is 8.27 Å². The molecule has 5 unspecified atom stereocenters. The van der Waals surface area contributed by atoms with Crippen molar-refractivity contribution >= 4 is 48.5 Å². The average molecular weight is 234 g/mol. The van der Waals surface area contributed by atoms with Gasteiger partial charge in [-0.2, -0.15) is 0 Å². The van der Waals surface area contributed by atoms with E-state index in [1.165, 1.54) is 0 Å². The molecule has 0 amide bonds. The highest BCUT2D eigenvalue weighted by molar-refractivity contribution is 8.41. The van der Waals surface area contributed by atoms with Crippen LogP contribution in [0.5, 0.6) is 0 Å². The molecule has 0 aromatic rings. The Hall–Kier alpha value is 1.62. The van der Waals surface area contributed by atoms with Crippen LogP contribution >= 0.6 is 42.6 Å². The highest BCUT2D eigenvalue weighted by atomic mass is 32.4. The summed E-state index contributed by atoms with van der Waals surface area (Å²) in [6.07, 6.45) is 0. The molecule has 0 N–H and O–H groups in total. The molecule has 0 aromatic heterocycles. The molecule has 10 heavy (non-hydrogen) atoms. The van der Waals surface area contributed by atoms with Gasteiger partial charge in [0.2, 0.25) is 0 Å². The fourth-order valence-corrected chi connectivity index (χ4v) is 1.94. The van der Waals surface area contributed by atoms with Crippen LogP contribution in [0, 0.1) is 0 Å². The van der Waals surface area contributed by atoms with Crippen molar-refractivity contribution in [3.63, 3.8) is 0 Å². The Morgan fingerprint density at radius 1 is 1.70 bits per heavy atom. The molecule has 0 aliphatic rings. The van der Waals surface area contributed by atoms with Crippen molar-refractivity contribution in [1.29, 1.82) is 0 Å². The van der Waals surface area contributed by atoms with Gasteiger partial charge in [-0.1, -0.05) is 26.1 Å². The number of hydrogen-bond donors (Lipinski definition) is 0. The third kappa shape index (κ3) is 5.29. The van der Waals surface area contributed by atoms with Crippen LogP contribution < -0.4 is 0 Å². The maximum Gasteiger partial charge on any atom is 0.316 e. The molecule has 0 saturated carbocycles. The zero-order valence-electron chi connectivity index (χ0n) is 5.57. The summed E-state index contributed by atoms with van der Waals surface area (Å²) >= 11 is 0. The molecular formula is C3H11O2P5. The van der Waals surface area contributed by atoms with Gasteiger partial charge in [0.15, 0.2) is 0 Å². The highest BCUT2D eigenvalue weighted by Gasteiger charge is 2.13. The number of carbonyl (C=O) groups excluding carboxylic acids is 1. The minimum atomic E-state index is -0.699. The SMILES string of the molecule is CC(PP)C(=O)OP(P)P. The Morgan fingerprint density at radius 3 is 2.50 bits per heavy atom. The summed E-state index contributed by atoms with van der Waals surface area (Å²) in [5.74, 6) is -0.107. The molecule has 5 atom stereocenters. The predicted octanol–water partition coefficient (Wildman–Crippen LogP) is 2.36. The molecule has 60 valence electrons. The third-order valence-electron chi connectivity index (χ3n) is 0.799. The molecule has 0 radical (unpaired) electrons. The Bertz CT molecular complexity index is 115. The van der Waals surface area contributed by atoms with E-state index in [1.54, 1.807) is 0 Å². The van der Waals surface area contributed by atoms with E-state index in [9.17, 15) is 4.79 Å². The van der Waals surface area contributed by atoms with Crippen LogP contribution in [-0.4, -0.2) is 11.6 Å². The van der Waals surface area contributed by atoms with E-state index in [2.05, 4.69) is 26.8 Å². The molecule has 0 rings (SSSR count). The normalized spacial score (nSPS) is 14.5. The van der Waals surface area contributed by atoms with Gasteiger partial charge in [-0.25, -0.2) is 0 Å². The lowest BCUT2D eigenvalue weighted by Crippen LogP contribution is -2.10. The van der Waals surface area contributed by atoms with Gasteiger partial charge in [0.1, 0.15) is 7.53 Å². The van der Waals surface area contributed by atoms with Crippen molar-refractivity contribution in [1.82, 2.24) is 0 Å². The number of rotatable bonds is 3. The molecule has 0 saturated heterocycles. The fourth-order valence-electron chi connectivity index (χ4n) is 0.251. The van der Waals surface area contributed by atoms with Crippen LogP contribution in [0.25, 0.3) is 0 Å². The number of hydrogen-bond acceptors (Lipinski definition) is 2. The van der Waals surface area contributed by atoms with Gasteiger partial charge in [0.05, 0.1) is 5.66 Å². The van der Waals surface area contributed by atoms with Gasteiger partial charge < -0.3 is 4.52 Å². The molecule has 0 aliphatic heterocycles. The molecule has 0 heterocycles. The molecule has 2 nitrogen and oxygen atoms in total. The minimum absolute atomic E-state index is 0.0242. The van der Waals surface area contributed by atoms with Crippen LogP contribution in [0.15, 0.2) is 0 Å². The van der Waals surface area contributed by atoms with E-state index < -0.39 is 7.53 Å². The van der Waals surface area contributed by atoms with Crippen molar-refractivity contribution in [2.45, 2.75) is 12.6 Å². The lowest BCUT2D eigenvalue weighted by Gasteiger charge is -2.10. The average Bonchev–Trinajstić information content (AvgIpc) is 1.85. The van der Waals surface area contributed by atoms with Gasteiger partial charge >= 0.3 is 5.97 Å². The maximum atomic E-state index is 10.9. The van der Waals surface area contributed by atoms with E-state index in [0.717, 1.165) is 0 Å². The second-order valence-electron chi connectivity index (χ2n) is 1.66. The van der Waals surface area contributed by atoms with Crippen LogP contribution in [0.4, 0.5) is 0 Å². The first-order valence-corrected chi connectivity index (χ1v) is 9.93. The van der Waals surface area contributed by atoms with Crippen molar-refractivity contribution in [2.75, 3.05) is 0 Å². The summed E-state index contributed by atoms with van der Waals surface area (Å²) in [5, 5.41) is 0. The summed E-state index contributed by atoms with van der Waals surface area (Å²) in [6.45, 7) is 1.86. The van der Waals surface area contributed by atoms with Crippen molar-refractivity contribution in [2.24, 2.45) is 0 Å². The van der Waals surface area contributed by atoms with Gasteiger partial charge in [-0.05, 0) is 6.92 Å². The van der Waals surface area contributed by atoms with Crippen LogP contribution in [0.3, 0.4) is 0 Å². The first-order chi connectivity index (χ1) is 4.57. The molecule has 0 aromatic carbocycles. The van der Waals surface area contributed by atoms with Gasteiger partial charge in [-0.3, -0.25) is 4.79 Å². The zero-order chi connectivity index (χ0) is 8.15. The Morgan fingerprint density at radius 2 is 2.20 bits per heavy atom. The molecule has 0 fully saturated rings. The monoisotopic (exact) mass is 234 g/mol. The van der Waals surface area contributed by atoms with E-state index in [4.69, 9.17) is 4.52 Å². The van der Waals surface area contributed by atoms with Gasteiger partial charge in [0, 0.05) is 0 Å². The summed E-state index contributed by atoms with van der Waals surface area (Å²) < 4.78 is 4.95. The summed E-state index contributed by atoms with van der Waals surface area (Å²) in [4.78, 5) is 10.9. The quantitative estimate of drug-likeness (QED) is 0.700. The van der Waals surface area contributed by atoms with Crippen molar-refractivity contribution in [3.05, 3.63) is 0 Å². The van der Waals surface area contributed by atoms with Gasteiger partial charge in [0.25, 0.3) is 0 Å². The maximum absolute atomic E-state index is 10.9. The van der Waals surface area contributed by atoms with Crippen molar-refractivity contribution < 1.29 is 9.32 Å². The van der Waals surface area contributed by atoms with Crippen LogP contribution in [0.2, 0.25) is 0 Å². The topological polar surface area (TPSA) is 26.3 Å². The van der Waals surface area contributed by atoms with Crippen LogP contribution in [0.1, 0.15) is 6.92 Å². The minimum Gasteiger partial charge on any atom is -0.436 e. The van der Waals surface area contributed by atoms with E-state index >= 15 is 0 Å². The van der Waals surface area contributed by atoms with E-state index in [1.807, 2.05) is 6.92 Å². The lowest BCUT2D eigenvalue weighted by molar-refractivity contribution is -0.132. The largest absolute Gasteiger partial charge is 0.436 e. The standard InChI is InChI=1S/C3H11O2P5/c1-2(9-6)3(4)5-10(7)8/h2,9H,6-8H2,1H3. The molecule has 0 bridgehead atoms. The Kier molecular flexibility index (Phi) is 7.17. The van der Waals surface area contributed by atoms with Gasteiger partial charge in [-0.15, -0.1) is 8.93 Å². The second-order valence-corrected chi connectivity index (χ2v) is 9.60. The highest BCUT2D eigenvalue weighted by Crippen LogP contribution is 2.54. The molecule has 0 spiro atoms. The smallest absolute Gasteiger partial charge is 0.316 e. The van der Waals surface area contributed by atoms with Crippen molar-refractivity contribution in [3.8, 4) is 0 Å². The molecule has 0 aliphatic carbocycles. The predicted molar refractivity (Wildman–Crippen MR) is 59.9 cm³/mol. The molecule has 7 heteroatoms. The van der Waals surface area contributed by atoms with E-state index in [-0.39, 0.29) is 11.6 Å².